The van der Waals surface area contributed by atoms with Crippen LogP contribution in [0.1, 0.15) is 21.5 Å². The van der Waals surface area contributed by atoms with Gasteiger partial charge in [-0.1, -0.05) is 36.4 Å². The Labute approximate surface area is 188 Å². The summed E-state index contributed by atoms with van der Waals surface area (Å²) in [6.07, 6.45) is 8.20. The molecule has 0 unspecified atom stereocenters. The van der Waals surface area contributed by atoms with E-state index in [9.17, 15) is 9.18 Å². The zero-order valence-corrected chi connectivity index (χ0v) is 17.5. The van der Waals surface area contributed by atoms with Crippen LogP contribution in [0.2, 0.25) is 0 Å². The maximum atomic E-state index is 14.4. The molecule has 1 N–H and O–H groups in total. The first kappa shape index (κ1) is 20.4. The summed E-state index contributed by atoms with van der Waals surface area (Å²) in [4.78, 5) is 17.0. The van der Waals surface area contributed by atoms with Crippen LogP contribution in [0.4, 0.5) is 4.39 Å². The van der Waals surface area contributed by atoms with Crippen LogP contribution in [-0.2, 0) is 13.1 Å². The SMILES string of the molecule is O=C(NCc1ccc(Cn2cncn2)cc1)c1cnn(-c2ccccc2F)c1-n1cccc1. The molecule has 0 aliphatic heterocycles. The van der Waals surface area contributed by atoms with Crippen LogP contribution in [-0.4, -0.2) is 35.0 Å². The largest absolute Gasteiger partial charge is 0.348 e. The average Bonchev–Trinajstić information content (AvgIpc) is 3.60. The predicted molar refractivity (Wildman–Crippen MR) is 120 cm³/mol. The number of halogens is 1. The Kier molecular flexibility index (Phi) is 5.50. The van der Waals surface area contributed by atoms with E-state index in [0.717, 1.165) is 11.1 Å². The molecule has 33 heavy (non-hydrogen) atoms. The lowest BCUT2D eigenvalue weighted by molar-refractivity contribution is 0.0951. The van der Waals surface area contributed by atoms with E-state index in [1.807, 2.05) is 36.4 Å². The van der Waals surface area contributed by atoms with E-state index >= 15 is 0 Å². The first-order chi connectivity index (χ1) is 16.2. The van der Waals surface area contributed by atoms with Crippen LogP contribution in [0.3, 0.4) is 0 Å². The Morgan fingerprint density at radius 3 is 2.42 bits per heavy atom. The minimum Gasteiger partial charge on any atom is -0.348 e. The molecule has 3 heterocycles. The summed E-state index contributed by atoms with van der Waals surface area (Å²) >= 11 is 0. The van der Waals surface area contributed by atoms with Crippen molar-refractivity contribution in [1.82, 2.24) is 34.4 Å². The molecule has 2 aromatic carbocycles. The molecule has 164 valence electrons. The zero-order valence-electron chi connectivity index (χ0n) is 17.5. The summed E-state index contributed by atoms with van der Waals surface area (Å²) < 4.78 is 19.4. The fourth-order valence-corrected chi connectivity index (χ4v) is 3.57. The van der Waals surface area contributed by atoms with Crippen LogP contribution in [0.5, 0.6) is 0 Å². The van der Waals surface area contributed by atoms with Gasteiger partial charge in [-0.05, 0) is 35.4 Å². The first-order valence-corrected chi connectivity index (χ1v) is 10.3. The Bertz CT molecular complexity index is 1360. The Morgan fingerprint density at radius 1 is 0.939 bits per heavy atom. The number of carbonyl (C=O) groups is 1. The second-order valence-corrected chi connectivity index (χ2v) is 7.43. The van der Waals surface area contributed by atoms with Crippen molar-refractivity contribution in [1.29, 1.82) is 0 Å². The second kappa shape index (κ2) is 8.91. The summed E-state index contributed by atoms with van der Waals surface area (Å²) in [6.45, 7) is 0.973. The van der Waals surface area contributed by atoms with Gasteiger partial charge in [0.15, 0.2) is 5.82 Å². The fourth-order valence-electron chi connectivity index (χ4n) is 3.57. The van der Waals surface area contributed by atoms with Crippen molar-refractivity contribution in [3.8, 4) is 11.5 Å². The number of carbonyl (C=O) groups excluding carboxylic acids is 1. The van der Waals surface area contributed by atoms with Gasteiger partial charge in [-0.15, -0.1) is 0 Å². The monoisotopic (exact) mass is 441 g/mol. The molecule has 0 fully saturated rings. The van der Waals surface area contributed by atoms with E-state index in [2.05, 4.69) is 20.5 Å². The van der Waals surface area contributed by atoms with Gasteiger partial charge in [0.2, 0.25) is 0 Å². The standard InChI is InChI=1S/C24H20FN7O/c25-21-5-1-2-6-22(21)32-24(30-11-3-4-12-30)20(14-28-32)23(33)27-13-18-7-9-19(10-8-18)15-31-17-26-16-29-31/h1-12,14,16-17H,13,15H2,(H,27,33). The third-order valence-electron chi connectivity index (χ3n) is 5.21. The quantitative estimate of drug-likeness (QED) is 0.420. The maximum absolute atomic E-state index is 14.4. The van der Waals surface area contributed by atoms with Crippen molar-refractivity contribution in [2.45, 2.75) is 13.1 Å². The highest BCUT2D eigenvalue weighted by Crippen LogP contribution is 2.22. The molecule has 0 bridgehead atoms. The van der Waals surface area contributed by atoms with Crippen molar-refractivity contribution >= 4 is 5.91 Å². The number of hydrogen-bond donors (Lipinski definition) is 1. The molecular weight excluding hydrogens is 421 g/mol. The van der Waals surface area contributed by atoms with Gasteiger partial charge in [0.05, 0.1) is 12.7 Å². The summed E-state index contributed by atoms with van der Waals surface area (Å²) in [5.74, 6) is -0.259. The van der Waals surface area contributed by atoms with Crippen LogP contribution in [0.25, 0.3) is 11.5 Å². The van der Waals surface area contributed by atoms with Gasteiger partial charge in [0, 0.05) is 18.9 Å². The number of hydrogen-bond acceptors (Lipinski definition) is 4. The van der Waals surface area contributed by atoms with Crippen LogP contribution in [0.15, 0.2) is 91.9 Å². The highest BCUT2D eigenvalue weighted by Gasteiger charge is 2.21. The van der Waals surface area contributed by atoms with E-state index in [-0.39, 0.29) is 11.6 Å². The minimum absolute atomic E-state index is 0.267. The number of rotatable bonds is 7. The van der Waals surface area contributed by atoms with Gasteiger partial charge < -0.3 is 9.88 Å². The number of nitrogens with one attached hydrogen (secondary N) is 1. The van der Waals surface area contributed by atoms with Gasteiger partial charge in [0.25, 0.3) is 5.91 Å². The predicted octanol–water partition coefficient (Wildman–Crippen LogP) is 3.37. The van der Waals surface area contributed by atoms with Crippen LogP contribution >= 0.6 is 0 Å². The number of amides is 1. The third kappa shape index (κ3) is 4.29. The third-order valence-corrected chi connectivity index (χ3v) is 5.21. The lowest BCUT2D eigenvalue weighted by Gasteiger charge is -2.12. The summed E-state index contributed by atoms with van der Waals surface area (Å²) in [7, 11) is 0. The van der Waals surface area contributed by atoms with E-state index in [4.69, 9.17) is 0 Å². The minimum atomic E-state index is -0.424. The normalized spacial score (nSPS) is 10.9. The van der Waals surface area contributed by atoms with Crippen LogP contribution in [0, 0.1) is 5.82 Å². The topological polar surface area (TPSA) is 82.6 Å². The maximum Gasteiger partial charge on any atom is 0.256 e. The van der Waals surface area contributed by atoms with Crippen molar-refractivity contribution in [3.63, 3.8) is 0 Å². The number of para-hydroxylation sites is 1. The lowest BCUT2D eigenvalue weighted by atomic mass is 10.1. The van der Waals surface area contributed by atoms with Gasteiger partial charge in [-0.2, -0.15) is 10.2 Å². The fraction of sp³-hybridized carbons (Fsp3) is 0.0833. The van der Waals surface area contributed by atoms with Crippen molar-refractivity contribution in [2.75, 3.05) is 0 Å². The van der Waals surface area contributed by atoms with Crippen LogP contribution < -0.4 is 5.32 Å². The van der Waals surface area contributed by atoms with Gasteiger partial charge in [-0.25, -0.2) is 18.7 Å². The molecule has 9 heteroatoms. The Balaban J connectivity index is 1.35. The summed E-state index contributed by atoms with van der Waals surface area (Å²) in [5, 5.41) is 11.3. The molecule has 5 rings (SSSR count). The summed E-state index contributed by atoms with van der Waals surface area (Å²) in [5.41, 5.74) is 2.65. The van der Waals surface area contributed by atoms with Crippen molar-refractivity contribution in [3.05, 3.63) is 114 Å². The van der Waals surface area contributed by atoms with E-state index in [1.54, 1.807) is 46.2 Å². The second-order valence-electron chi connectivity index (χ2n) is 7.43. The lowest BCUT2D eigenvalue weighted by Crippen LogP contribution is -2.24. The number of nitrogens with zero attached hydrogens (tertiary/aromatic N) is 6. The molecule has 0 atom stereocenters. The van der Waals surface area contributed by atoms with Gasteiger partial charge >= 0.3 is 0 Å². The molecule has 0 saturated carbocycles. The first-order valence-electron chi connectivity index (χ1n) is 10.3. The van der Waals surface area contributed by atoms with Gasteiger partial charge in [-0.3, -0.25) is 4.79 Å². The molecule has 0 aliphatic rings. The number of benzene rings is 2. The molecule has 0 radical (unpaired) electrons. The molecule has 3 aromatic heterocycles. The molecule has 0 spiro atoms. The van der Waals surface area contributed by atoms with Gasteiger partial charge in [0.1, 0.15) is 29.7 Å². The molecular formula is C24H20FN7O. The van der Waals surface area contributed by atoms with E-state index in [0.29, 0.717) is 24.5 Å². The van der Waals surface area contributed by atoms with Crippen molar-refractivity contribution < 1.29 is 9.18 Å². The molecule has 0 aliphatic carbocycles. The average molecular weight is 441 g/mol. The smallest absolute Gasteiger partial charge is 0.256 e. The Morgan fingerprint density at radius 2 is 1.70 bits per heavy atom. The highest BCUT2D eigenvalue weighted by atomic mass is 19.1. The molecule has 5 aromatic rings. The Hall–Kier alpha value is -4.53. The summed E-state index contributed by atoms with van der Waals surface area (Å²) in [6, 6.07) is 17.9. The molecule has 8 nitrogen and oxygen atoms in total. The van der Waals surface area contributed by atoms with Crippen molar-refractivity contribution in [2.24, 2.45) is 0 Å². The van der Waals surface area contributed by atoms with E-state index in [1.165, 1.54) is 23.3 Å². The highest BCUT2D eigenvalue weighted by molar-refractivity contribution is 5.97. The zero-order chi connectivity index (χ0) is 22.6. The molecule has 1 amide bonds. The van der Waals surface area contributed by atoms with E-state index < -0.39 is 5.82 Å². The number of aromatic nitrogens is 6. The molecule has 0 saturated heterocycles.